The largest absolute Gasteiger partial charge is 0.383 e. The molecule has 0 spiro atoms. The summed E-state index contributed by atoms with van der Waals surface area (Å²) in [5, 5.41) is 0. The summed E-state index contributed by atoms with van der Waals surface area (Å²) >= 11 is 0. The summed E-state index contributed by atoms with van der Waals surface area (Å²) in [6.07, 6.45) is 5.65. The van der Waals surface area contributed by atoms with Crippen LogP contribution in [0.4, 0.5) is 5.82 Å². The van der Waals surface area contributed by atoms with E-state index in [1.807, 2.05) is 30.3 Å². The quantitative estimate of drug-likeness (QED) is 0.860. The van der Waals surface area contributed by atoms with E-state index < -0.39 is 0 Å². The summed E-state index contributed by atoms with van der Waals surface area (Å²) < 4.78 is 7.37. The van der Waals surface area contributed by atoms with Crippen molar-refractivity contribution in [3.63, 3.8) is 0 Å². The van der Waals surface area contributed by atoms with E-state index in [1.54, 1.807) is 16.8 Å². The average molecular weight is 297 g/mol. The molecule has 5 heteroatoms. The van der Waals surface area contributed by atoms with Gasteiger partial charge >= 0.3 is 5.69 Å². The number of aromatic nitrogens is 2. The predicted octanol–water partition coefficient (Wildman–Crippen LogP) is 2.30. The highest BCUT2D eigenvalue weighted by atomic mass is 16.5. The zero-order valence-corrected chi connectivity index (χ0v) is 12.3. The van der Waals surface area contributed by atoms with Crippen LogP contribution >= 0.6 is 0 Å². The highest BCUT2D eigenvalue weighted by Gasteiger charge is 2.18. The van der Waals surface area contributed by atoms with Gasteiger partial charge in [-0.1, -0.05) is 36.4 Å². The molecule has 0 unspecified atom stereocenters. The van der Waals surface area contributed by atoms with Crippen molar-refractivity contribution in [3.8, 4) is 0 Å². The molecule has 22 heavy (non-hydrogen) atoms. The van der Waals surface area contributed by atoms with Gasteiger partial charge in [-0.05, 0) is 30.0 Å². The number of hydrogen-bond donors (Lipinski definition) is 1. The third-order valence-electron chi connectivity index (χ3n) is 3.80. The minimum Gasteiger partial charge on any atom is -0.383 e. The molecule has 3 rings (SSSR count). The number of anilines is 1. The molecule has 1 aliphatic rings. The van der Waals surface area contributed by atoms with Gasteiger partial charge in [0.05, 0.1) is 19.3 Å². The first-order chi connectivity index (χ1) is 10.7. The van der Waals surface area contributed by atoms with Gasteiger partial charge in [-0.2, -0.15) is 4.98 Å². The molecule has 1 aromatic carbocycles. The molecule has 2 aromatic rings. The molecule has 0 bridgehead atoms. The van der Waals surface area contributed by atoms with Crippen LogP contribution in [0.25, 0.3) is 0 Å². The van der Waals surface area contributed by atoms with Crippen LogP contribution in [0.5, 0.6) is 0 Å². The summed E-state index contributed by atoms with van der Waals surface area (Å²) in [5.74, 6) is 0.259. The molecule has 2 N–H and O–H groups in total. The Morgan fingerprint density at radius 3 is 2.82 bits per heavy atom. The summed E-state index contributed by atoms with van der Waals surface area (Å²) in [6, 6.07) is 11.8. The number of allylic oxidation sites excluding steroid dienone is 1. The lowest BCUT2D eigenvalue weighted by molar-refractivity contribution is 0.141. The molecule has 0 fully saturated rings. The van der Waals surface area contributed by atoms with Crippen LogP contribution in [-0.2, 0) is 11.3 Å². The van der Waals surface area contributed by atoms with Crippen LogP contribution in [0.1, 0.15) is 24.4 Å². The van der Waals surface area contributed by atoms with Gasteiger partial charge in [0.25, 0.3) is 0 Å². The lowest BCUT2D eigenvalue weighted by Crippen LogP contribution is -2.25. The molecule has 1 atom stereocenters. The maximum absolute atomic E-state index is 11.8. The van der Waals surface area contributed by atoms with Crippen molar-refractivity contribution in [1.29, 1.82) is 0 Å². The van der Waals surface area contributed by atoms with Crippen LogP contribution in [0.3, 0.4) is 0 Å². The summed E-state index contributed by atoms with van der Waals surface area (Å²) in [7, 11) is 0. The fourth-order valence-electron chi connectivity index (χ4n) is 2.66. The van der Waals surface area contributed by atoms with E-state index in [2.05, 4.69) is 11.1 Å². The van der Waals surface area contributed by atoms with Crippen molar-refractivity contribution in [2.24, 2.45) is 0 Å². The maximum Gasteiger partial charge on any atom is 0.350 e. The number of rotatable bonds is 5. The zero-order chi connectivity index (χ0) is 15.4. The van der Waals surface area contributed by atoms with Crippen molar-refractivity contribution >= 4 is 5.82 Å². The highest BCUT2D eigenvalue weighted by molar-refractivity contribution is 5.24. The van der Waals surface area contributed by atoms with E-state index in [0.717, 1.165) is 18.4 Å². The topological polar surface area (TPSA) is 70.1 Å². The van der Waals surface area contributed by atoms with Crippen LogP contribution in [-0.4, -0.2) is 16.2 Å². The second-order valence-electron chi connectivity index (χ2n) is 5.45. The first-order valence-corrected chi connectivity index (χ1v) is 7.38. The maximum atomic E-state index is 11.8. The van der Waals surface area contributed by atoms with Crippen molar-refractivity contribution < 1.29 is 4.74 Å². The Morgan fingerprint density at radius 2 is 2.05 bits per heavy atom. The number of nitrogens with two attached hydrogens (primary N) is 1. The van der Waals surface area contributed by atoms with Crippen molar-refractivity contribution in [3.05, 3.63) is 70.3 Å². The number of nitrogen functional groups attached to an aromatic ring is 1. The van der Waals surface area contributed by atoms with Crippen molar-refractivity contribution in [2.75, 3.05) is 12.3 Å². The Hall–Kier alpha value is -2.40. The third-order valence-corrected chi connectivity index (χ3v) is 3.80. The third kappa shape index (κ3) is 3.43. The normalized spacial score (nSPS) is 17.5. The fraction of sp³-hybridized carbons (Fsp3) is 0.294. The number of hydrogen-bond acceptors (Lipinski definition) is 4. The van der Waals surface area contributed by atoms with Gasteiger partial charge in [-0.3, -0.25) is 4.57 Å². The lowest BCUT2D eigenvalue weighted by atomic mass is 10.2. The fourth-order valence-corrected chi connectivity index (χ4v) is 2.66. The smallest absolute Gasteiger partial charge is 0.350 e. The van der Waals surface area contributed by atoms with E-state index in [1.165, 1.54) is 5.57 Å². The van der Waals surface area contributed by atoms with E-state index in [9.17, 15) is 4.79 Å². The highest BCUT2D eigenvalue weighted by Crippen LogP contribution is 2.27. The SMILES string of the molecule is Nc1ccn([C@H]2C=C(COCc3ccccc3)CC2)c(=O)n1. The van der Waals surface area contributed by atoms with Gasteiger partial charge in [0.2, 0.25) is 0 Å². The standard InChI is InChI=1S/C17H19N3O2/c18-16-8-9-20(17(21)19-16)15-7-6-14(10-15)12-22-11-13-4-2-1-3-5-13/h1-5,8-10,15H,6-7,11-12H2,(H2,18,19,21)/t15-/m1/s1. The summed E-state index contributed by atoms with van der Waals surface area (Å²) in [4.78, 5) is 15.6. The van der Waals surface area contributed by atoms with Gasteiger partial charge in [0, 0.05) is 6.20 Å². The van der Waals surface area contributed by atoms with Gasteiger partial charge in [0.1, 0.15) is 5.82 Å². The Kier molecular flexibility index (Phi) is 4.34. The molecule has 114 valence electrons. The van der Waals surface area contributed by atoms with E-state index in [4.69, 9.17) is 10.5 Å². The Morgan fingerprint density at radius 1 is 1.23 bits per heavy atom. The molecule has 1 heterocycles. The van der Waals surface area contributed by atoms with Crippen LogP contribution in [0, 0.1) is 0 Å². The second kappa shape index (κ2) is 6.58. The minimum absolute atomic E-state index is 0.0518. The molecule has 5 nitrogen and oxygen atoms in total. The van der Waals surface area contributed by atoms with Gasteiger partial charge in [-0.15, -0.1) is 0 Å². The van der Waals surface area contributed by atoms with Crippen molar-refractivity contribution in [2.45, 2.75) is 25.5 Å². The molecule has 0 amide bonds. The molecular weight excluding hydrogens is 278 g/mol. The van der Waals surface area contributed by atoms with Gasteiger partial charge < -0.3 is 10.5 Å². The number of benzene rings is 1. The molecule has 0 saturated heterocycles. The Bertz CT molecular complexity index is 722. The predicted molar refractivity (Wildman–Crippen MR) is 85.4 cm³/mol. The van der Waals surface area contributed by atoms with Crippen molar-refractivity contribution in [1.82, 2.24) is 9.55 Å². The molecule has 0 radical (unpaired) electrons. The summed E-state index contributed by atoms with van der Waals surface area (Å²) in [5.41, 5.74) is 7.61. The monoisotopic (exact) mass is 297 g/mol. The first kappa shape index (κ1) is 14.5. The van der Waals surface area contributed by atoms with Crippen LogP contribution in [0.15, 0.2) is 59.0 Å². The average Bonchev–Trinajstić information content (AvgIpc) is 2.97. The van der Waals surface area contributed by atoms with Crippen LogP contribution < -0.4 is 11.4 Å². The van der Waals surface area contributed by atoms with Crippen LogP contribution in [0.2, 0.25) is 0 Å². The molecule has 0 aliphatic heterocycles. The molecular formula is C17H19N3O2. The second-order valence-corrected chi connectivity index (χ2v) is 5.45. The van der Waals surface area contributed by atoms with E-state index in [0.29, 0.717) is 13.2 Å². The molecule has 1 aliphatic carbocycles. The Balaban J connectivity index is 1.59. The van der Waals surface area contributed by atoms with Gasteiger partial charge in [-0.25, -0.2) is 4.79 Å². The first-order valence-electron chi connectivity index (χ1n) is 7.38. The number of nitrogens with zero attached hydrogens (tertiary/aromatic N) is 2. The van der Waals surface area contributed by atoms with E-state index in [-0.39, 0.29) is 17.5 Å². The zero-order valence-electron chi connectivity index (χ0n) is 12.3. The molecule has 0 saturated carbocycles. The lowest BCUT2D eigenvalue weighted by Gasteiger charge is -2.10. The summed E-state index contributed by atoms with van der Waals surface area (Å²) in [6.45, 7) is 1.20. The number of ether oxygens (including phenoxy) is 1. The van der Waals surface area contributed by atoms with E-state index >= 15 is 0 Å². The Labute approximate surface area is 129 Å². The molecule has 1 aromatic heterocycles. The van der Waals surface area contributed by atoms with Gasteiger partial charge in [0.15, 0.2) is 0 Å². The minimum atomic E-state index is -0.298.